The number of pyridine rings is 1. The van der Waals surface area contributed by atoms with Gasteiger partial charge in [-0.25, -0.2) is 9.97 Å². The molecule has 1 amide bonds. The number of amides is 1. The van der Waals surface area contributed by atoms with Crippen LogP contribution < -0.4 is 10.9 Å². The fourth-order valence-corrected chi connectivity index (χ4v) is 4.87. The third-order valence-corrected chi connectivity index (χ3v) is 6.67. The number of fused-ring (bicyclic) bond motifs is 1. The van der Waals surface area contributed by atoms with Crippen LogP contribution in [-0.4, -0.2) is 46.6 Å². The molecule has 0 spiro atoms. The normalized spacial score (nSPS) is 16.3. The maximum Gasteiger partial charge on any atom is 0.267 e. The van der Waals surface area contributed by atoms with E-state index in [2.05, 4.69) is 15.3 Å². The highest BCUT2D eigenvalue weighted by Gasteiger charge is 2.35. The molecule has 3 aromatic rings. The maximum atomic E-state index is 13.3. The fourth-order valence-electron chi connectivity index (χ4n) is 3.43. The summed E-state index contributed by atoms with van der Waals surface area (Å²) in [5, 5.41) is 3.28. The van der Waals surface area contributed by atoms with Crippen LogP contribution in [0, 0.1) is 0 Å². The molecule has 0 unspecified atom stereocenters. The number of thioether (sulfide) groups is 1. The second-order valence-corrected chi connectivity index (χ2v) is 9.17. The Hall–Kier alpha value is -2.98. The Morgan fingerprint density at radius 1 is 1.28 bits per heavy atom. The summed E-state index contributed by atoms with van der Waals surface area (Å²) >= 11 is 6.65. The lowest BCUT2D eigenvalue weighted by molar-refractivity contribution is -0.123. The molecule has 1 atom stereocenters. The Bertz CT molecular complexity index is 1230. The van der Waals surface area contributed by atoms with Gasteiger partial charge in [0.25, 0.3) is 11.5 Å². The molecule has 1 N–H and O–H groups in total. The summed E-state index contributed by atoms with van der Waals surface area (Å²) in [6.45, 7) is 5.39. The molecule has 8 nitrogen and oxygen atoms in total. The van der Waals surface area contributed by atoms with Crippen LogP contribution in [-0.2, 0) is 11.3 Å². The first-order chi connectivity index (χ1) is 15.5. The summed E-state index contributed by atoms with van der Waals surface area (Å²) in [6, 6.07) is 5.40. The van der Waals surface area contributed by atoms with Crippen molar-refractivity contribution in [1.82, 2.24) is 23.8 Å². The van der Waals surface area contributed by atoms with Gasteiger partial charge in [-0.3, -0.25) is 18.9 Å². The Kier molecular flexibility index (Phi) is 6.71. The van der Waals surface area contributed by atoms with Crippen molar-refractivity contribution < 1.29 is 4.79 Å². The predicted molar refractivity (Wildman–Crippen MR) is 132 cm³/mol. The summed E-state index contributed by atoms with van der Waals surface area (Å²) in [5.41, 5.74) is 0.654. The van der Waals surface area contributed by atoms with Crippen molar-refractivity contribution in [3.63, 3.8) is 0 Å². The number of nitrogens with one attached hydrogen (secondary N) is 1. The van der Waals surface area contributed by atoms with Crippen molar-refractivity contribution in [1.29, 1.82) is 0 Å². The van der Waals surface area contributed by atoms with E-state index in [0.29, 0.717) is 32.8 Å². The van der Waals surface area contributed by atoms with Gasteiger partial charge in [-0.1, -0.05) is 37.0 Å². The van der Waals surface area contributed by atoms with Gasteiger partial charge in [0.15, 0.2) is 0 Å². The molecule has 10 heteroatoms. The molecule has 1 fully saturated rings. The number of aromatic nitrogens is 4. The summed E-state index contributed by atoms with van der Waals surface area (Å²) in [6.07, 6.45) is 10.3. The fraction of sp³-hybridized carbons (Fsp3) is 0.318. The quantitative estimate of drug-likeness (QED) is 0.308. The first-order valence-electron chi connectivity index (χ1n) is 10.5. The summed E-state index contributed by atoms with van der Waals surface area (Å²) < 4.78 is 3.99. The highest BCUT2D eigenvalue weighted by molar-refractivity contribution is 8.26. The lowest BCUT2D eigenvalue weighted by Gasteiger charge is -2.21. The maximum absolute atomic E-state index is 13.3. The van der Waals surface area contributed by atoms with E-state index in [1.165, 1.54) is 16.2 Å². The van der Waals surface area contributed by atoms with Gasteiger partial charge in [-0.05, 0) is 38.0 Å². The molecule has 4 heterocycles. The van der Waals surface area contributed by atoms with Gasteiger partial charge < -0.3 is 9.88 Å². The van der Waals surface area contributed by atoms with Crippen molar-refractivity contribution in [2.45, 2.75) is 39.3 Å². The summed E-state index contributed by atoms with van der Waals surface area (Å²) in [4.78, 5) is 37.0. The molecule has 4 rings (SSSR count). The number of hydrogen-bond donors (Lipinski definition) is 1. The van der Waals surface area contributed by atoms with Crippen molar-refractivity contribution in [2.24, 2.45) is 0 Å². The van der Waals surface area contributed by atoms with Crippen LogP contribution in [0.15, 0.2) is 52.8 Å². The molecule has 0 saturated carbocycles. The van der Waals surface area contributed by atoms with Crippen LogP contribution in [0.2, 0.25) is 0 Å². The van der Waals surface area contributed by atoms with Gasteiger partial charge >= 0.3 is 0 Å². The van der Waals surface area contributed by atoms with Crippen LogP contribution in [0.25, 0.3) is 11.7 Å². The van der Waals surface area contributed by atoms with Crippen LogP contribution in [0.3, 0.4) is 0 Å². The van der Waals surface area contributed by atoms with Crippen LogP contribution in [0.5, 0.6) is 0 Å². The van der Waals surface area contributed by atoms with Gasteiger partial charge in [-0.2, -0.15) is 0 Å². The largest absolute Gasteiger partial charge is 0.369 e. The van der Waals surface area contributed by atoms with E-state index in [9.17, 15) is 9.59 Å². The minimum Gasteiger partial charge on any atom is -0.369 e. The zero-order valence-corrected chi connectivity index (χ0v) is 19.5. The minimum atomic E-state index is -0.235. The molecule has 1 aliphatic rings. The van der Waals surface area contributed by atoms with E-state index >= 15 is 0 Å². The average Bonchev–Trinajstić information content (AvgIpc) is 3.41. The smallest absolute Gasteiger partial charge is 0.267 e. The van der Waals surface area contributed by atoms with E-state index in [0.717, 1.165) is 19.4 Å². The number of aryl methyl sites for hydroxylation is 1. The number of hydrogen-bond acceptors (Lipinski definition) is 7. The number of rotatable bonds is 8. The van der Waals surface area contributed by atoms with Gasteiger partial charge in [0.05, 0.1) is 16.8 Å². The number of nitrogens with zero attached hydrogens (tertiary/aromatic N) is 5. The van der Waals surface area contributed by atoms with Crippen molar-refractivity contribution in [2.75, 3.05) is 11.9 Å². The highest BCUT2D eigenvalue weighted by atomic mass is 32.2. The van der Waals surface area contributed by atoms with Crippen LogP contribution >= 0.6 is 24.0 Å². The second kappa shape index (κ2) is 9.66. The third kappa shape index (κ3) is 4.46. The average molecular weight is 469 g/mol. The van der Waals surface area contributed by atoms with Gasteiger partial charge in [-0.15, -0.1) is 0 Å². The molecule has 1 aliphatic heterocycles. The van der Waals surface area contributed by atoms with E-state index in [1.807, 2.05) is 30.7 Å². The van der Waals surface area contributed by atoms with Crippen molar-refractivity contribution in [3.05, 3.63) is 63.9 Å². The van der Waals surface area contributed by atoms with Crippen molar-refractivity contribution in [3.8, 4) is 0 Å². The Morgan fingerprint density at radius 2 is 2.12 bits per heavy atom. The number of imidazole rings is 1. The van der Waals surface area contributed by atoms with E-state index in [4.69, 9.17) is 12.2 Å². The summed E-state index contributed by atoms with van der Waals surface area (Å²) in [7, 11) is 0. The monoisotopic (exact) mass is 468 g/mol. The van der Waals surface area contributed by atoms with Crippen LogP contribution in [0.4, 0.5) is 5.82 Å². The first kappa shape index (κ1) is 22.2. The lowest BCUT2D eigenvalue weighted by Crippen LogP contribution is -2.36. The number of carbonyl (C=O) groups excluding carboxylic acids is 1. The van der Waals surface area contributed by atoms with E-state index in [1.54, 1.807) is 41.8 Å². The van der Waals surface area contributed by atoms with Gasteiger partial charge in [0.1, 0.15) is 15.8 Å². The first-order valence-corrected chi connectivity index (χ1v) is 11.7. The van der Waals surface area contributed by atoms with Crippen molar-refractivity contribution >= 4 is 51.7 Å². The lowest BCUT2D eigenvalue weighted by atomic mass is 10.2. The molecule has 0 aliphatic carbocycles. The Balaban J connectivity index is 1.66. The summed E-state index contributed by atoms with van der Waals surface area (Å²) in [5.74, 6) is 0.290. The molecule has 0 radical (unpaired) electrons. The van der Waals surface area contributed by atoms with E-state index in [-0.39, 0.29) is 17.5 Å². The second-order valence-electron chi connectivity index (χ2n) is 7.50. The predicted octanol–water partition coefficient (Wildman–Crippen LogP) is 3.39. The number of anilines is 1. The molecule has 3 aromatic heterocycles. The topological polar surface area (TPSA) is 84.5 Å². The Labute approximate surface area is 195 Å². The van der Waals surface area contributed by atoms with Gasteiger partial charge in [0.2, 0.25) is 0 Å². The Morgan fingerprint density at radius 3 is 2.88 bits per heavy atom. The molecule has 0 bridgehead atoms. The molecular weight excluding hydrogens is 444 g/mol. The highest BCUT2D eigenvalue weighted by Crippen LogP contribution is 2.34. The molecule has 166 valence electrons. The van der Waals surface area contributed by atoms with E-state index < -0.39 is 0 Å². The molecule has 0 aromatic carbocycles. The third-order valence-electron chi connectivity index (χ3n) is 5.34. The number of thiocarbonyl (C=S) groups is 1. The minimum absolute atomic E-state index is 0.00463. The molecule has 1 saturated heterocycles. The van der Waals surface area contributed by atoms with Gasteiger partial charge in [0, 0.05) is 37.7 Å². The number of carbonyl (C=O) groups is 1. The standard InChI is InChI=1S/C22H24N6O2S2/c1-3-15(2)28-21(30)17(32-22(28)31)13-16-19(24-8-6-10-26-12-9-23-14-26)25-18-7-4-5-11-27(18)20(16)29/h4-5,7,9,11-15,24H,3,6,8,10H2,1-2H3/b17-13-/t15-/m0/s1. The molecule has 32 heavy (non-hydrogen) atoms. The molecular formula is C22H24N6O2S2. The SMILES string of the molecule is CC[C@H](C)N1C(=O)/C(=C/c2c(NCCCn3ccnc3)nc3ccccn3c2=O)SC1=S. The zero-order valence-electron chi connectivity index (χ0n) is 17.9. The zero-order chi connectivity index (χ0) is 22.7. The van der Waals surface area contributed by atoms with Crippen LogP contribution in [0.1, 0.15) is 32.3 Å².